The number of hydrogen-bond acceptors (Lipinski definition) is 2. The van der Waals surface area contributed by atoms with Gasteiger partial charge in [-0.3, -0.25) is 0 Å². The Morgan fingerprint density at radius 1 is 1.38 bits per heavy atom. The van der Waals surface area contributed by atoms with Crippen LogP contribution in [0.25, 0.3) is 11.1 Å². The van der Waals surface area contributed by atoms with Crippen LogP contribution >= 0.6 is 0 Å². The molecule has 0 fully saturated rings. The maximum Gasteiger partial charge on any atom is 0.352 e. The molecule has 0 amide bonds. The summed E-state index contributed by atoms with van der Waals surface area (Å²) in [7, 11) is 0. The smallest absolute Gasteiger partial charge is 0.352 e. The van der Waals surface area contributed by atoms with Gasteiger partial charge in [0.15, 0.2) is 0 Å². The summed E-state index contributed by atoms with van der Waals surface area (Å²) in [6.07, 6.45) is 1.57. The molecule has 1 aromatic heterocycles. The average molecular weight is 212 g/mol. The van der Waals surface area contributed by atoms with Crippen LogP contribution in [0.5, 0.6) is 0 Å². The molecule has 2 aromatic rings. The lowest BCUT2D eigenvalue weighted by molar-refractivity contribution is 0.0692. The van der Waals surface area contributed by atoms with Crippen LogP contribution in [0, 0.1) is 11.3 Å². The fraction of sp³-hybridized carbons (Fsp3) is 0. The zero-order valence-corrected chi connectivity index (χ0v) is 8.27. The molecular weight excluding hydrogens is 204 g/mol. The second-order valence-corrected chi connectivity index (χ2v) is 3.26. The number of nitrogens with zero attached hydrogens (tertiary/aromatic N) is 1. The second kappa shape index (κ2) is 3.91. The van der Waals surface area contributed by atoms with Gasteiger partial charge in [0.2, 0.25) is 0 Å². The number of aromatic carboxylic acids is 1. The fourth-order valence-corrected chi connectivity index (χ4v) is 1.54. The maximum absolute atomic E-state index is 10.9. The van der Waals surface area contributed by atoms with Gasteiger partial charge < -0.3 is 10.1 Å². The molecule has 2 N–H and O–H groups in total. The van der Waals surface area contributed by atoms with E-state index in [0.717, 1.165) is 5.56 Å². The summed E-state index contributed by atoms with van der Waals surface area (Å²) >= 11 is 0. The van der Waals surface area contributed by atoms with E-state index in [1.165, 1.54) is 0 Å². The molecule has 0 spiro atoms. The Bertz CT molecular complexity index is 579. The van der Waals surface area contributed by atoms with Crippen molar-refractivity contribution in [1.29, 1.82) is 5.26 Å². The maximum atomic E-state index is 10.9. The van der Waals surface area contributed by atoms with Gasteiger partial charge in [0.25, 0.3) is 0 Å². The van der Waals surface area contributed by atoms with Crippen LogP contribution in [0.15, 0.2) is 36.5 Å². The van der Waals surface area contributed by atoms with E-state index < -0.39 is 5.97 Å². The topological polar surface area (TPSA) is 76.9 Å². The Balaban J connectivity index is 2.55. The predicted octanol–water partition coefficient (Wildman–Crippen LogP) is 2.25. The van der Waals surface area contributed by atoms with Gasteiger partial charge >= 0.3 is 5.97 Å². The molecule has 0 saturated carbocycles. The van der Waals surface area contributed by atoms with Gasteiger partial charge in [0.1, 0.15) is 5.69 Å². The molecule has 4 heteroatoms. The first kappa shape index (κ1) is 9.99. The number of carboxylic acid groups (broad SMARTS) is 1. The molecule has 0 aliphatic heterocycles. The molecule has 0 bridgehead atoms. The van der Waals surface area contributed by atoms with Gasteiger partial charge in [-0.1, -0.05) is 12.1 Å². The summed E-state index contributed by atoms with van der Waals surface area (Å²) in [5.74, 6) is -1.01. The minimum Gasteiger partial charge on any atom is -0.477 e. The Hall–Kier alpha value is -2.54. The fourth-order valence-electron chi connectivity index (χ4n) is 1.54. The monoisotopic (exact) mass is 212 g/mol. The highest BCUT2D eigenvalue weighted by Gasteiger charge is 2.12. The summed E-state index contributed by atoms with van der Waals surface area (Å²) in [4.78, 5) is 13.6. The molecule has 1 heterocycles. The van der Waals surface area contributed by atoms with Gasteiger partial charge in [0.05, 0.1) is 11.6 Å². The molecule has 0 saturated heterocycles. The van der Waals surface area contributed by atoms with Gasteiger partial charge in [-0.15, -0.1) is 0 Å². The van der Waals surface area contributed by atoms with Gasteiger partial charge in [-0.25, -0.2) is 4.79 Å². The molecule has 4 nitrogen and oxygen atoms in total. The highest BCUT2D eigenvalue weighted by molar-refractivity contribution is 5.94. The quantitative estimate of drug-likeness (QED) is 0.801. The first-order valence-electron chi connectivity index (χ1n) is 4.63. The molecule has 0 atom stereocenters. The van der Waals surface area contributed by atoms with Crippen molar-refractivity contribution in [3.63, 3.8) is 0 Å². The molecular formula is C12H8N2O2. The number of H-pyrrole nitrogens is 1. The number of rotatable bonds is 2. The minimum atomic E-state index is -1.01. The SMILES string of the molecule is N#Cc1cccc(-c2cc[nH]c2C(=O)O)c1. The number of hydrogen-bond donors (Lipinski definition) is 2. The lowest BCUT2D eigenvalue weighted by atomic mass is 10.0. The van der Waals surface area contributed by atoms with Crippen LogP contribution in [-0.2, 0) is 0 Å². The molecule has 0 radical (unpaired) electrons. The number of aromatic amines is 1. The van der Waals surface area contributed by atoms with Gasteiger partial charge in [0, 0.05) is 11.8 Å². The number of aromatic nitrogens is 1. The summed E-state index contributed by atoms with van der Waals surface area (Å²) in [5.41, 5.74) is 1.95. The summed E-state index contributed by atoms with van der Waals surface area (Å²) < 4.78 is 0. The van der Waals surface area contributed by atoms with E-state index in [4.69, 9.17) is 10.4 Å². The summed E-state index contributed by atoms with van der Waals surface area (Å²) in [6, 6.07) is 10.5. The normalized spacial score (nSPS) is 9.69. The van der Waals surface area contributed by atoms with E-state index in [2.05, 4.69) is 4.98 Å². The highest BCUT2D eigenvalue weighted by Crippen LogP contribution is 2.23. The van der Waals surface area contributed by atoms with Crippen LogP contribution in [0.1, 0.15) is 16.1 Å². The Kier molecular flexibility index (Phi) is 2.44. The molecule has 0 aliphatic carbocycles. The third-order valence-electron chi connectivity index (χ3n) is 2.26. The first-order chi connectivity index (χ1) is 7.72. The zero-order valence-electron chi connectivity index (χ0n) is 8.27. The molecule has 78 valence electrons. The van der Waals surface area contributed by atoms with Crippen LogP contribution < -0.4 is 0 Å². The zero-order chi connectivity index (χ0) is 11.5. The van der Waals surface area contributed by atoms with E-state index in [1.807, 2.05) is 6.07 Å². The van der Waals surface area contributed by atoms with E-state index >= 15 is 0 Å². The van der Waals surface area contributed by atoms with Crippen molar-refractivity contribution in [3.8, 4) is 17.2 Å². The van der Waals surface area contributed by atoms with Crippen molar-refractivity contribution in [1.82, 2.24) is 4.98 Å². The Labute approximate surface area is 91.8 Å². The first-order valence-corrected chi connectivity index (χ1v) is 4.63. The standard InChI is InChI=1S/C12H8N2O2/c13-7-8-2-1-3-9(6-8)10-4-5-14-11(10)12(15)16/h1-6,14H,(H,15,16). The van der Waals surface area contributed by atoms with E-state index in [0.29, 0.717) is 11.1 Å². The van der Waals surface area contributed by atoms with Crippen LogP contribution in [-0.4, -0.2) is 16.1 Å². The minimum absolute atomic E-state index is 0.134. The number of carboxylic acids is 1. The van der Waals surface area contributed by atoms with E-state index in [-0.39, 0.29) is 5.69 Å². The summed E-state index contributed by atoms with van der Waals surface area (Å²) in [5, 5.41) is 17.7. The molecule has 2 rings (SSSR count). The Morgan fingerprint density at radius 2 is 2.19 bits per heavy atom. The van der Waals surface area contributed by atoms with Crippen molar-refractivity contribution in [2.75, 3.05) is 0 Å². The van der Waals surface area contributed by atoms with Crippen molar-refractivity contribution >= 4 is 5.97 Å². The number of nitrogens with one attached hydrogen (secondary N) is 1. The van der Waals surface area contributed by atoms with E-state index in [1.54, 1.807) is 36.5 Å². The van der Waals surface area contributed by atoms with Crippen LogP contribution in [0.4, 0.5) is 0 Å². The van der Waals surface area contributed by atoms with Gasteiger partial charge in [-0.2, -0.15) is 5.26 Å². The Morgan fingerprint density at radius 3 is 2.88 bits per heavy atom. The van der Waals surface area contributed by atoms with Crippen LogP contribution in [0.3, 0.4) is 0 Å². The third-order valence-corrected chi connectivity index (χ3v) is 2.26. The van der Waals surface area contributed by atoms with E-state index in [9.17, 15) is 4.79 Å². The van der Waals surface area contributed by atoms with Crippen LogP contribution in [0.2, 0.25) is 0 Å². The number of nitriles is 1. The van der Waals surface area contributed by atoms with Gasteiger partial charge in [-0.05, 0) is 23.8 Å². The molecule has 0 aliphatic rings. The van der Waals surface area contributed by atoms with Crippen molar-refractivity contribution in [3.05, 3.63) is 47.8 Å². The third kappa shape index (κ3) is 1.66. The number of carbonyl (C=O) groups is 1. The lowest BCUT2D eigenvalue weighted by Crippen LogP contribution is -1.98. The average Bonchev–Trinajstić information content (AvgIpc) is 2.78. The highest BCUT2D eigenvalue weighted by atomic mass is 16.4. The van der Waals surface area contributed by atoms with Crippen molar-refractivity contribution < 1.29 is 9.90 Å². The second-order valence-electron chi connectivity index (χ2n) is 3.26. The largest absolute Gasteiger partial charge is 0.477 e. The molecule has 0 unspecified atom stereocenters. The molecule has 1 aromatic carbocycles. The predicted molar refractivity (Wildman–Crippen MR) is 57.9 cm³/mol. The number of benzene rings is 1. The van der Waals surface area contributed by atoms with Crippen molar-refractivity contribution in [2.24, 2.45) is 0 Å². The molecule has 16 heavy (non-hydrogen) atoms. The van der Waals surface area contributed by atoms with Crippen molar-refractivity contribution in [2.45, 2.75) is 0 Å². The lowest BCUT2D eigenvalue weighted by Gasteiger charge is -2.00. The summed E-state index contributed by atoms with van der Waals surface area (Å²) in [6.45, 7) is 0.